The van der Waals surface area contributed by atoms with Crippen molar-refractivity contribution >= 4 is 27.7 Å². The van der Waals surface area contributed by atoms with E-state index in [0.29, 0.717) is 11.6 Å². The van der Waals surface area contributed by atoms with E-state index in [1.807, 2.05) is 19.9 Å². The Hall–Kier alpha value is -1.76. The molecule has 0 unspecified atom stereocenters. The van der Waals surface area contributed by atoms with Crippen LogP contribution in [0.25, 0.3) is 0 Å². The van der Waals surface area contributed by atoms with Crippen LogP contribution >= 0.6 is 15.9 Å². The van der Waals surface area contributed by atoms with Gasteiger partial charge >= 0.3 is 0 Å². The van der Waals surface area contributed by atoms with Crippen molar-refractivity contribution in [2.75, 3.05) is 5.32 Å². The van der Waals surface area contributed by atoms with Crippen LogP contribution in [0.4, 0.5) is 5.82 Å². The van der Waals surface area contributed by atoms with Crippen LogP contribution in [-0.4, -0.2) is 26.1 Å². The maximum Gasteiger partial charge on any atom is 0.296 e. The number of anilines is 1. The van der Waals surface area contributed by atoms with Crippen LogP contribution in [0.3, 0.4) is 0 Å². The first kappa shape index (κ1) is 13.7. The Bertz CT molecular complexity index is 596. The van der Waals surface area contributed by atoms with Crippen LogP contribution in [0.15, 0.2) is 16.7 Å². The van der Waals surface area contributed by atoms with Gasteiger partial charge in [-0.2, -0.15) is 0 Å². The summed E-state index contributed by atoms with van der Waals surface area (Å²) in [4.78, 5) is 20.2. The lowest BCUT2D eigenvalue weighted by molar-refractivity contribution is 0.101. The van der Waals surface area contributed by atoms with Gasteiger partial charge < -0.3 is 5.32 Å². The average molecular weight is 324 g/mol. The summed E-state index contributed by atoms with van der Waals surface area (Å²) in [5.41, 5.74) is 0.868. The largest absolute Gasteiger partial charge is 0.304 e. The zero-order valence-electron chi connectivity index (χ0n) is 10.7. The molecular formula is C12H14BrN5O. The van der Waals surface area contributed by atoms with Gasteiger partial charge in [-0.15, -0.1) is 5.10 Å². The molecule has 19 heavy (non-hydrogen) atoms. The Morgan fingerprint density at radius 2 is 2.32 bits per heavy atom. The average Bonchev–Trinajstić information content (AvgIpc) is 2.82. The SMILES string of the molecule is CCCc1nc(C(=O)Nc2ncc(Br)cc2C)n[nH]1. The molecule has 0 aliphatic carbocycles. The van der Waals surface area contributed by atoms with Gasteiger partial charge in [0, 0.05) is 17.1 Å². The highest BCUT2D eigenvalue weighted by Crippen LogP contribution is 2.17. The normalized spacial score (nSPS) is 10.5. The fourth-order valence-electron chi connectivity index (χ4n) is 1.58. The standard InChI is InChI=1S/C12H14BrN5O/c1-3-4-9-15-11(18-17-9)12(19)16-10-7(2)5-8(13)6-14-10/h5-6H,3-4H2,1-2H3,(H,14,16,19)(H,15,17,18). The number of hydrogen-bond acceptors (Lipinski definition) is 4. The van der Waals surface area contributed by atoms with Crippen LogP contribution < -0.4 is 5.32 Å². The summed E-state index contributed by atoms with van der Waals surface area (Å²) >= 11 is 3.32. The fourth-order valence-corrected chi connectivity index (χ4v) is 2.03. The van der Waals surface area contributed by atoms with Crippen molar-refractivity contribution in [2.45, 2.75) is 26.7 Å². The Balaban J connectivity index is 2.11. The predicted octanol–water partition coefficient (Wildman–Crippen LogP) is 2.48. The second-order valence-electron chi connectivity index (χ2n) is 4.13. The van der Waals surface area contributed by atoms with Crippen LogP contribution in [0.1, 0.15) is 35.4 Å². The van der Waals surface area contributed by atoms with Gasteiger partial charge in [-0.3, -0.25) is 9.89 Å². The molecule has 0 saturated carbocycles. The van der Waals surface area contributed by atoms with Crippen LogP contribution in [0.2, 0.25) is 0 Å². The number of aryl methyl sites for hydroxylation is 2. The highest BCUT2D eigenvalue weighted by atomic mass is 79.9. The first-order valence-corrected chi connectivity index (χ1v) is 6.74. The molecule has 0 bridgehead atoms. The summed E-state index contributed by atoms with van der Waals surface area (Å²) in [5, 5.41) is 9.33. The molecule has 0 aromatic carbocycles. The number of pyridine rings is 1. The van der Waals surface area contributed by atoms with Crippen molar-refractivity contribution < 1.29 is 4.79 Å². The van der Waals surface area contributed by atoms with Crippen molar-refractivity contribution in [3.8, 4) is 0 Å². The number of amides is 1. The van der Waals surface area contributed by atoms with Gasteiger partial charge in [0.15, 0.2) is 0 Å². The van der Waals surface area contributed by atoms with Crippen molar-refractivity contribution in [2.24, 2.45) is 0 Å². The molecule has 2 rings (SSSR count). The zero-order chi connectivity index (χ0) is 13.8. The molecule has 7 heteroatoms. The molecule has 1 amide bonds. The molecule has 100 valence electrons. The Morgan fingerprint density at radius 1 is 1.53 bits per heavy atom. The number of carbonyl (C=O) groups excluding carboxylic acids is 1. The summed E-state index contributed by atoms with van der Waals surface area (Å²) < 4.78 is 0.867. The van der Waals surface area contributed by atoms with Crippen molar-refractivity contribution in [1.29, 1.82) is 0 Å². The van der Waals surface area contributed by atoms with Gasteiger partial charge in [0.1, 0.15) is 11.6 Å². The van der Waals surface area contributed by atoms with Crippen LogP contribution in [0, 0.1) is 6.92 Å². The van der Waals surface area contributed by atoms with Gasteiger partial charge in [0.05, 0.1) is 0 Å². The van der Waals surface area contributed by atoms with Gasteiger partial charge in [-0.05, 0) is 40.9 Å². The third-order valence-corrected chi connectivity index (χ3v) is 2.93. The highest BCUT2D eigenvalue weighted by Gasteiger charge is 2.14. The number of carbonyl (C=O) groups is 1. The van der Waals surface area contributed by atoms with E-state index in [4.69, 9.17) is 0 Å². The number of hydrogen-bond donors (Lipinski definition) is 2. The monoisotopic (exact) mass is 323 g/mol. The van der Waals surface area contributed by atoms with E-state index in [0.717, 1.165) is 22.9 Å². The van der Waals surface area contributed by atoms with E-state index < -0.39 is 0 Å². The Morgan fingerprint density at radius 3 is 3.00 bits per heavy atom. The number of nitrogens with zero attached hydrogens (tertiary/aromatic N) is 3. The molecule has 0 spiro atoms. The van der Waals surface area contributed by atoms with E-state index in [1.54, 1.807) is 6.20 Å². The van der Waals surface area contributed by atoms with E-state index in [-0.39, 0.29) is 11.7 Å². The number of aromatic amines is 1. The molecule has 2 N–H and O–H groups in total. The van der Waals surface area contributed by atoms with Crippen molar-refractivity contribution in [1.82, 2.24) is 20.2 Å². The third kappa shape index (κ3) is 3.37. The Labute approximate surface area is 119 Å². The first-order chi connectivity index (χ1) is 9.10. The summed E-state index contributed by atoms with van der Waals surface area (Å²) in [7, 11) is 0. The van der Waals surface area contributed by atoms with Crippen molar-refractivity contribution in [3.63, 3.8) is 0 Å². The molecule has 6 nitrogen and oxygen atoms in total. The third-order valence-electron chi connectivity index (χ3n) is 2.50. The van der Waals surface area contributed by atoms with E-state index in [9.17, 15) is 4.79 Å². The second kappa shape index (κ2) is 5.92. The second-order valence-corrected chi connectivity index (χ2v) is 5.04. The molecule has 0 aliphatic rings. The van der Waals surface area contributed by atoms with Gasteiger partial charge in [0.25, 0.3) is 5.91 Å². The maximum absolute atomic E-state index is 12.0. The molecular weight excluding hydrogens is 310 g/mol. The van der Waals surface area contributed by atoms with Crippen LogP contribution in [-0.2, 0) is 6.42 Å². The summed E-state index contributed by atoms with van der Waals surface area (Å²) in [6, 6.07) is 1.88. The molecule has 0 aliphatic heterocycles. The quantitative estimate of drug-likeness (QED) is 0.905. The van der Waals surface area contributed by atoms with Gasteiger partial charge in [0.2, 0.25) is 5.82 Å². The summed E-state index contributed by atoms with van der Waals surface area (Å²) in [5.74, 6) is 0.993. The number of H-pyrrole nitrogens is 1. The number of nitrogens with one attached hydrogen (secondary N) is 2. The smallest absolute Gasteiger partial charge is 0.296 e. The van der Waals surface area contributed by atoms with E-state index in [1.165, 1.54) is 0 Å². The van der Waals surface area contributed by atoms with Crippen molar-refractivity contribution in [3.05, 3.63) is 33.9 Å². The van der Waals surface area contributed by atoms with Gasteiger partial charge in [-0.1, -0.05) is 6.92 Å². The molecule has 0 saturated heterocycles. The zero-order valence-corrected chi connectivity index (χ0v) is 12.3. The topological polar surface area (TPSA) is 83.6 Å². The van der Waals surface area contributed by atoms with E-state index in [2.05, 4.69) is 41.4 Å². The van der Waals surface area contributed by atoms with E-state index >= 15 is 0 Å². The van der Waals surface area contributed by atoms with Crippen LogP contribution in [0.5, 0.6) is 0 Å². The minimum absolute atomic E-state index is 0.132. The molecule has 2 aromatic rings. The number of aromatic nitrogens is 4. The molecule has 2 heterocycles. The predicted molar refractivity (Wildman–Crippen MR) is 75.0 cm³/mol. The summed E-state index contributed by atoms with van der Waals surface area (Å²) in [6.07, 6.45) is 3.35. The fraction of sp³-hybridized carbons (Fsp3) is 0.333. The highest BCUT2D eigenvalue weighted by molar-refractivity contribution is 9.10. The Kier molecular flexibility index (Phi) is 4.26. The molecule has 0 atom stereocenters. The van der Waals surface area contributed by atoms with Gasteiger partial charge in [-0.25, -0.2) is 9.97 Å². The molecule has 2 aromatic heterocycles. The lowest BCUT2D eigenvalue weighted by Gasteiger charge is -2.05. The molecule has 0 fully saturated rings. The number of halogens is 1. The minimum atomic E-state index is -0.364. The minimum Gasteiger partial charge on any atom is -0.304 e. The summed E-state index contributed by atoms with van der Waals surface area (Å²) in [6.45, 7) is 3.91. The first-order valence-electron chi connectivity index (χ1n) is 5.95. The molecule has 0 radical (unpaired) electrons. The number of rotatable bonds is 4. The maximum atomic E-state index is 12.0. The lowest BCUT2D eigenvalue weighted by atomic mass is 10.3. The lowest BCUT2D eigenvalue weighted by Crippen LogP contribution is -2.15.